The van der Waals surface area contributed by atoms with Crippen molar-refractivity contribution in [3.05, 3.63) is 23.2 Å². The zero-order valence-electron chi connectivity index (χ0n) is 9.88. The van der Waals surface area contributed by atoms with Crippen LogP contribution in [0.2, 0.25) is 0 Å². The van der Waals surface area contributed by atoms with Crippen LogP contribution in [0.4, 0.5) is 0 Å². The minimum atomic E-state index is -0.441. The van der Waals surface area contributed by atoms with Gasteiger partial charge in [-0.2, -0.15) is 0 Å². The largest absolute Gasteiger partial charge is 0.455 e. The number of carbonyl (C=O) groups is 1. The van der Waals surface area contributed by atoms with Gasteiger partial charge in [-0.05, 0) is 23.4 Å². The number of nitrogens with two attached hydrogens (primary N) is 1. The lowest BCUT2D eigenvalue weighted by Crippen LogP contribution is -2.30. The van der Waals surface area contributed by atoms with Crippen LogP contribution in [-0.4, -0.2) is 26.1 Å². The van der Waals surface area contributed by atoms with Crippen LogP contribution in [0.15, 0.2) is 15.6 Å². The molecule has 0 aliphatic carbocycles. The third-order valence-electron chi connectivity index (χ3n) is 2.23. The molecular weight excluding hydrogens is 256 g/mol. The smallest absolute Gasteiger partial charge is 0.301 e. The van der Waals surface area contributed by atoms with Gasteiger partial charge in [0.05, 0.1) is 5.75 Å². The second kappa shape index (κ2) is 5.19. The third-order valence-corrected chi connectivity index (χ3v) is 3.26. The molecule has 0 atom stereocenters. The van der Waals surface area contributed by atoms with E-state index in [1.807, 2.05) is 5.43 Å². The number of furan rings is 1. The Hall–Kier alpha value is -1.87. The van der Waals surface area contributed by atoms with Gasteiger partial charge in [-0.1, -0.05) is 11.8 Å². The number of nitrogens with one attached hydrogen (secondary N) is 1. The van der Waals surface area contributed by atoms with Gasteiger partial charge in [-0.15, -0.1) is 5.10 Å². The Kier molecular flexibility index (Phi) is 3.63. The molecule has 0 saturated carbocycles. The molecule has 96 valence electrons. The highest BCUT2D eigenvalue weighted by atomic mass is 32.2. The number of aromatic nitrogens is 4. The van der Waals surface area contributed by atoms with Crippen molar-refractivity contribution in [3.8, 4) is 0 Å². The van der Waals surface area contributed by atoms with Crippen LogP contribution in [0.25, 0.3) is 0 Å². The lowest BCUT2D eigenvalue weighted by molar-refractivity contribution is 0.0923. The average Bonchev–Trinajstić information content (AvgIpc) is 2.92. The molecule has 0 bridgehead atoms. The van der Waals surface area contributed by atoms with Crippen LogP contribution in [0, 0.1) is 6.92 Å². The van der Waals surface area contributed by atoms with E-state index in [4.69, 9.17) is 10.3 Å². The highest BCUT2D eigenvalue weighted by molar-refractivity contribution is 7.98. The summed E-state index contributed by atoms with van der Waals surface area (Å²) in [7, 11) is 1.75. The first-order valence-corrected chi connectivity index (χ1v) is 6.05. The molecule has 0 aliphatic rings. The van der Waals surface area contributed by atoms with Gasteiger partial charge < -0.3 is 4.42 Å². The Labute approximate surface area is 107 Å². The number of carbonyl (C=O) groups excluding carboxylic acids is 1. The summed E-state index contributed by atoms with van der Waals surface area (Å²) in [6.45, 7) is 1.78. The second-order valence-corrected chi connectivity index (χ2v) is 4.51. The van der Waals surface area contributed by atoms with Gasteiger partial charge in [0.25, 0.3) is 0 Å². The number of rotatable bonds is 4. The molecule has 0 aliphatic heterocycles. The van der Waals surface area contributed by atoms with Crippen molar-refractivity contribution in [3.63, 3.8) is 0 Å². The summed E-state index contributed by atoms with van der Waals surface area (Å²) in [5, 5.41) is 11.8. The quantitative estimate of drug-likeness (QED) is 0.347. The topological polar surface area (TPSA) is 112 Å². The first-order chi connectivity index (χ1) is 8.61. The molecule has 18 heavy (non-hydrogen) atoms. The highest BCUT2D eigenvalue weighted by Crippen LogP contribution is 2.23. The van der Waals surface area contributed by atoms with Crippen LogP contribution in [-0.2, 0) is 12.8 Å². The number of hydrogen-bond donors (Lipinski definition) is 2. The molecule has 2 heterocycles. The van der Waals surface area contributed by atoms with Gasteiger partial charge in [0.2, 0.25) is 5.16 Å². The van der Waals surface area contributed by atoms with Gasteiger partial charge in [-0.25, -0.2) is 10.5 Å². The minimum Gasteiger partial charge on any atom is -0.455 e. The Balaban J connectivity index is 2.07. The number of hydrazine groups is 1. The van der Waals surface area contributed by atoms with Crippen molar-refractivity contribution in [1.82, 2.24) is 25.6 Å². The standard InChI is InChI=1S/C9H12N6O2S/c1-5-3-6(17-7(5)8(16)11-10)4-18-9-12-13-14-15(9)2/h3H,4,10H2,1-2H3,(H,11,16). The maximum Gasteiger partial charge on any atom is 0.301 e. The van der Waals surface area contributed by atoms with E-state index in [9.17, 15) is 4.79 Å². The van der Waals surface area contributed by atoms with Gasteiger partial charge in [0, 0.05) is 12.6 Å². The lowest BCUT2D eigenvalue weighted by Gasteiger charge is -1.97. The van der Waals surface area contributed by atoms with Crippen LogP contribution in [0.1, 0.15) is 21.9 Å². The summed E-state index contributed by atoms with van der Waals surface area (Å²) >= 11 is 1.42. The number of amides is 1. The van der Waals surface area contributed by atoms with Gasteiger partial charge in [-0.3, -0.25) is 10.2 Å². The number of nitrogen functional groups attached to an aromatic ring is 1. The van der Waals surface area contributed by atoms with Crippen LogP contribution in [0.3, 0.4) is 0 Å². The molecule has 0 radical (unpaired) electrons. The van der Waals surface area contributed by atoms with Gasteiger partial charge >= 0.3 is 5.91 Å². The van der Waals surface area contributed by atoms with Gasteiger partial charge in [0.15, 0.2) is 5.76 Å². The zero-order valence-corrected chi connectivity index (χ0v) is 10.7. The summed E-state index contributed by atoms with van der Waals surface area (Å²) in [5.74, 6) is 6.04. The molecule has 1 amide bonds. The van der Waals surface area contributed by atoms with E-state index < -0.39 is 5.91 Å². The van der Waals surface area contributed by atoms with Crippen molar-refractivity contribution in [2.45, 2.75) is 17.8 Å². The molecule has 0 aromatic carbocycles. The monoisotopic (exact) mass is 268 g/mol. The zero-order chi connectivity index (χ0) is 13.1. The number of thioether (sulfide) groups is 1. The molecule has 0 fully saturated rings. The summed E-state index contributed by atoms with van der Waals surface area (Å²) < 4.78 is 6.98. The van der Waals surface area contributed by atoms with Crippen molar-refractivity contribution in [1.29, 1.82) is 0 Å². The SMILES string of the molecule is Cc1cc(CSc2nnnn2C)oc1C(=O)NN. The van der Waals surface area contributed by atoms with Crippen LogP contribution < -0.4 is 11.3 Å². The number of tetrazole rings is 1. The van der Waals surface area contributed by atoms with E-state index >= 15 is 0 Å². The number of aryl methyl sites for hydroxylation is 2. The first kappa shape index (κ1) is 12.6. The molecule has 2 aromatic heterocycles. The third kappa shape index (κ3) is 2.51. The maximum atomic E-state index is 11.4. The van der Waals surface area contributed by atoms with Crippen molar-refractivity contribution < 1.29 is 9.21 Å². The minimum absolute atomic E-state index is 0.226. The fraction of sp³-hybridized carbons (Fsp3) is 0.333. The number of nitrogens with zero attached hydrogens (tertiary/aromatic N) is 4. The predicted octanol–water partition coefficient (Wildman–Crippen LogP) is 0.00732. The predicted molar refractivity (Wildman–Crippen MR) is 63.5 cm³/mol. The van der Waals surface area contributed by atoms with E-state index in [0.717, 1.165) is 5.56 Å². The molecule has 0 spiro atoms. The summed E-state index contributed by atoms with van der Waals surface area (Å²) in [6.07, 6.45) is 0. The fourth-order valence-electron chi connectivity index (χ4n) is 1.39. The fourth-order valence-corrected chi connectivity index (χ4v) is 2.12. The Morgan fingerprint density at radius 3 is 3.06 bits per heavy atom. The van der Waals surface area contributed by atoms with Crippen molar-refractivity contribution >= 4 is 17.7 Å². The molecule has 2 rings (SSSR count). The molecule has 3 N–H and O–H groups in total. The first-order valence-electron chi connectivity index (χ1n) is 5.07. The van der Waals surface area contributed by atoms with E-state index in [0.29, 0.717) is 16.7 Å². The van der Waals surface area contributed by atoms with E-state index in [1.54, 1.807) is 24.7 Å². The Morgan fingerprint density at radius 2 is 2.44 bits per heavy atom. The highest BCUT2D eigenvalue weighted by Gasteiger charge is 2.15. The molecule has 8 nitrogen and oxygen atoms in total. The molecule has 2 aromatic rings. The van der Waals surface area contributed by atoms with Crippen LogP contribution in [0.5, 0.6) is 0 Å². The van der Waals surface area contributed by atoms with Crippen molar-refractivity contribution in [2.75, 3.05) is 0 Å². The van der Waals surface area contributed by atoms with Crippen LogP contribution >= 0.6 is 11.8 Å². The summed E-state index contributed by atoms with van der Waals surface area (Å²) in [4.78, 5) is 11.4. The Bertz CT molecular complexity index is 563. The molecular formula is C9H12N6O2S. The molecule has 9 heteroatoms. The summed E-state index contributed by atoms with van der Waals surface area (Å²) in [5.41, 5.74) is 2.78. The number of hydrogen-bond acceptors (Lipinski definition) is 7. The van der Waals surface area contributed by atoms with E-state index in [-0.39, 0.29) is 5.76 Å². The Morgan fingerprint density at radius 1 is 1.67 bits per heavy atom. The maximum absolute atomic E-state index is 11.4. The average molecular weight is 268 g/mol. The second-order valence-electron chi connectivity index (χ2n) is 3.57. The molecule has 0 unspecified atom stereocenters. The summed E-state index contributed by atoms with van der Waals surface area (Å²) in [6, 6.07) is 1.79. The van der Waals surface area contributed by atoms with E-state index in [1.165, 1.54) is 11.8 Å². The normalized spacial score (nSPS) is 10.6. The van der Waals surface area contributed by atoms with E-state index in [2.05, 4.69) is 15.5 Å². The van der Waals surface area contributed by atoms with Crippen molar-refractivity contribution in [2.24, 2.45) is 12.9 Å². The lowest BCUT2D eigenvalue weighted by atomic mass is 10.2. The van der Waals surface area contributed by atoms with Gasteiger partial charge in [0.1, 0.15) is 5.76 Å². The molecule has 0 saturated heterocycles.